The first kappa shape index (κ1) is 15.6. The lowest BCUT2D eigenvalue weighted by atomic mass is 10.2. The minimum Gasteiger partial charge on any atom is -0.452 e. The van der Waals surface area contributed by atoms with Gasteiger partial charge in [-0.1, -0.05) is 30.3 Å². The van der Waals surface area contributed by atoms with Crippen LogP contribution in [-0.2, 0) is 6.54 Å². The molecule has 0 saturated carbocycles. The monoisotopic (exact) mass is 306 g/mol. The van der Waals surface area contributed by atoms with Gasteiger partial charge < -0.3 is 14.2 Å². The molecule has 0 atom stereocenters. The highest BCUT2D eigenvalue weighted by molar-refractivity contribution is 6.32. The van der Waals surface area contributed by atoms with Gasteiger partial charge in [0.2, 0.25) is 5.22 Å². The zero-order valence-electron chi connectivity index (χ0n) is 12.3. The van der Waals surface area contributed by atoms with E-state index in [1.54, 1.807) is 11.0 Å². The first-order valence-electron chi connectivity index (χ1n) is 6.79. The molecule has 1 amide bonds. The average Bonchev–Trinajstić information content (AvgIpc) is 2.90. The number of carbonyl (C=O) groups excluding carboxylic acids is 1. The van der Waals surface area contributed by atoms with Gasteiger partial charge in [-0.15, -0.1) is 0 Å². The van der Waals surface area contributed by atoms with E-state index in [0.717, 1.165) is 12.1 Å². The molecule has 0 aliphatic carbocycles. The van der Waals surface area contributed by atoms with Crippen LogP contribution in [0.2, 0.25) is 5.22 Å². The molecule has 0 bridgehead atoms. The van der Waals surface area contributed by atoms with Gasteiger partial charge in [-0.25, -0.2) is 0 Å². The molecule has 0 aliphatic heterocycles. The Morgan fingerprint density at radius 1 is 1.14 bits per heavy atom. The number of carbonyl (C=O) groups is 1. The number of halogens is 1. The molecule has 2 rings (SSSR count). The van der Waals surface area contributed by atoms with Crippen LogP contribution in [0.15, 0.2) is 47.1 Å². The third-order valence-corrected chi connectivity index (χ3v) is 3.46. The number of furan rings is 1. The highest BCUT2D eigenvalue weighted by Crippen LogP contribution is 2.19. The lowest BCUT2D eigenvalue weighted by Gasteiger charge is -2.24. The summed E-state index contributed by atoms with van der Waals surface area (Å²) < 4.78 is 5.02. The fourth-order valence-corrected chi connectivity index (χ4v) is 2.19. The van der Waals surface area contributed by atoms with Crippen LogP contribution in [0.4, 0.5) is 0 Å². The van der Waals surface area contributed by atoms with Crippen molar-refractivity contribution in [1.82, 2.24) is 9.80 Å². The molecule has 21 heavy (non-hydrogen) atoms. The van der Waals surface area contributed by atoms with Crippen LogP contribution >= 0.6 is 11.6 Å². The van der Waals surface area contributed by atoms with Gasteiger partial charge in [0.25, 0.3) is 5.91 Å². The van der Waals surface area contributed by atoms with Gasteiger partial charge in [-0.3, -0.25) is 4.79 Å². The molecular formula is C16H19ClN2O2. The number of benzene rings is 1. The molecule has 0 radical (unpaired) electrons. The fraction of sp³-hybridized carbons (Fsp3) is 0.312. The van der Waals surface area contributed by atoms with Crippen molar-refractivity contribution in [1.29, 1.82) is 0 Å². The van der Waals surface area contributed by atoms with Crippen molar-refractivity contribution in [2.24, 2.45) is 0 Å². The van der Waals surface area contributed by atoms with Crippen molar-refractivity contribution in [3.05, 3.63) is 59.0 Å². The lowest BCUT2D eigenvalue weighted by molar-refractivity contribution is 0.0731. The maximum absolute atomic E-state index is 12.6. The van der Waals surface area contributed by atoms with Crippen molar-refractivity contribution < 1.29 is 9.21 Å². The Morgan fingerprint density at radius 3 is 2.43 bits per heavy atom. The van der Waals surface area contributed by atoms with Crippen molar-refractivity contribution in [3.8, 4) is 0 Å². The average molecular weight is 307 g/mol. The summed E-state index contributed by atoms with van der Waals surface area (Å²) in [4.78, 5) is 16.4. The summed E-state index contributed by atoms with van der Waals surface area (Å²) >= 11 is 5.92. The number of amides is 1. The van der Waals surface area contributed by atoms with E-state index < -0.39 is 0 Å². The minimum absolute atomic E-state index is 0.112. The van der Waals surface area contributed by atoms with Crippen LogP contribution in [-0.4, -0.2) is 42.9 Å². The predicted molar refractivity (Wildman–Crippen MR) is 83.5 cm³/mol. The fourth-order valence-electron chi connectivity index (χ4n) is 1.99. The molecule has 0 saturated heterocycles. The molecule has 4 nitrogen and oxygen atoms in total. The maximum Gasteiger partial charge on any atom is 0.259 e. The van der Waals surface area contributed by atoms with Crippen LogP contribution in [0.1, 0.15) is 15.9 Å². The van der Waals surface area contributed by atoms with E-state index in [1.807, 2.05) is 49.3 Å². The highest BCUT2D eigenvalue weighted by atomic mass is 35.5. The maximum atomic E-state index is 12.6. The molecule has 112 valence electrons. The molecule has 0 aliphatic rings. The molecule has 5 heteroatoms. The summed E-state index contributed by atoms with van der Waals surface area (Å²) in [5.41, 5.74) is 1.50. The summed E-state index contributed by atoms with van der Waals surface area (Å²) in [6.45, 7) is 1.96. The molecule has 1 aromatic heterocycles. The quantitative estimate of drug-likeness (QED) is 0.822. The molecule has 0 spiro atoms. The molecule has 2 aromatic rings. The van der Waals surface area contributed by atoms with Gasteiger partial charge in [0.1, 0.15) is 0 Å². The lowest BCUT2D eigenvalue weighted by Crippen LogP contribution is -2.36. The van der Waals surface area contributed by atoms with Gasteiger partial charge in [0.05, 0.1) is 11.8 Å². The summed E-state index contributed by atoms with van der Waals surface area (Å²) in [7, 11) is 3.96. The van der Waals surface area contributed by atoms with Crippen molar-refractivity contribution >= 4 is 17.5 Å². The number of nitrogens with zero attached hydrogens (tertiary/aromatic N) is 2. The molecule has 1 heterocycles. The van der Waals surface area contributed by atoms with Crippen LogP contribution in [0.3, 0.4) is 0 Å². The number of rotatable bonds is 6. The van der Waals surface area contributed by atoms with Crippen molar-refractivity contribution in [2.75, 3.05) is 27.2 Å². The van der Waals surface area contributed by atoms with E-state index in [-0.39, 0.29) is 11.1 Å². The van der Waals surface area contributed by atoms with Gasteiger partial charge in [0, 0.05) is 19.6 Å². The second-order valence-corrected chi connectivity index (χ2v) is 5.47. The number of likely N-dealkylation sites (N-methyl/N-ethyl adjacent to an activating group) is 1. The third-order valence-electron chi connectivity index (χ3n) is 3.17. The van der Waals surface area contributed by atoms with Crippen LogP contribution in [0, 0.1) is 0 Å². The highest BCUT2D eigenvalue weighted by Gasteiger charge is 2.20. The Bertz CT molecular complexity index is 581. The Kier molecular flexibility index (Phi) is 5.42. The molecule has 0 N–H and O–H groups in total. The second-order valence-electron chi connectivity index (χ2n) is 5.12. The van der Waals surface area contributed by atoms with Crippen LogP contribution in [0.5, 0.6) is 0 Å². The Balaban J connectivity index is 2.15. The Labute approximate surface area is 129 Å². The molecule has 1 aromatic carbocycles. The molecular weight excluding hydrogens is 288 g/mol. The first-order chi connectivity index (χ1) is 10.1. The summed E-state index contributed by atoms with van der Waals surface area (Å²) in [6, 6.07) is 11.5. The largest absolute Gasteiger partial charge is 0.452 e. The van der Waals surface area contributed by atoms with E-state index in [0.29, 0.717) is 18.7 Å². The van der Waals surface area contributed by atoms with Gasteiger partial charge >= 0.3 is 0 Å². The Morgan fingerprint density at radius 2 is 1.86 bits per heavy atom. The smallest absolute Gasteiger partial charge is 0.259 e. The van der Waals surface area contributed by atoms with E-state index in [2.05, 4.69) is 0 Å². The second kappa shape index (κ2) is 7.29. The topological polar surface area (TPSA) is 36.7 Å². The van der Waals surface area contributed by atoms with E-state index >= 15 is 0 Å². The predicted octanol–water partition coefficient (Wildman–Crippen LogP) is 3.14. The summed E-state index contributed by atoms with van der Waals surface area (Å²) in [5.74, 6) is -0.112. The van der Waals surface area contributed by atoms with E-state index in [4.69, 9.17) is 16.0 Å². The standard InChI is InChI=1S/C16H19ClN2O2/c1-18(2)9-10-19(12-13-6-4-3-5-7-13)16(20)14-8-11-21-15(14)17/h3-8,11H,9-10,12H2,1-2H3. The minimum atomic E-state index is -0.112. The molecule has 0 unspecified atom stereocenters. The zero-order valence-corrected chi connectivity index (χ0v) is 13.0. The normalized spacial score (nSPS) is 10.9. The number of hydrogen-bond acceptors (Lipinski definition) is 3. The molecule has 0 fully saturated rings. The first-order valence-corrected chi connectivity index (χ1v) is 7.16. The van der Waals surface area contributed by atoms with Crippen LogP contribution in [0.25, 0.3) is 0 Å². The van der Waals surface area contributed by atoms with Gasteiger partial charge in [-0.05, 0) is 37.3 Å². The van der Waals surface area contributed by atoms with E-state index in [1.165, 1.54) is 6.26 Å². The third kappa shape index (κ3) is 4.34. The van der Waals surface area contributed by atoms with Crippen molar-refractivity contribution in [3.63, 3.8) is 0 Å². The SMILES string of the molecule is CN(C)CCN(Cc1ccccc1)C(=O)c1ccoc1Cl. The zero-order chi connectivity index (χ0) is 15.2. The van der Waals surface area contributed by atoms with E-state index in [9.17, 15) is 4.79 Å². The number of hydrogen-bond donors (Lipinski definition) is 0. The van der Waals surface area contributed by atoms with Crippen LogP contribution < -0.4 is 0 Å². The van der Waals surface area contributed by atoms with Gasteiger partial charge in [0.15, 0.2) is 0 Å². The summed E-state index contributed by atoms with van der Waals surface area (Å²) in [5, 5.41) is 0.142. The Hall–Kier alpha value is -1.78. The van der Waals surface area contributed by atoms with Gasteiger partial charge in [-0.2, -0.15) is 0 Å². The van der Waals surface area contributed by atoms with Crippen molar-refractivity contribution in [2.45, 2.75) is 6.54 Å². The summed E-state index contributed by atoms with van der Waals surface area (Å²) in [6.07, 6.45) is 1.43.